The third-order valence-electron chi connectivity index (χ3n) is 3.59. The number of nitrogens with zero attached hydrogens (tertiary/aromatic N) is 1. The minimum Gasteiger partial charge on any atom is -0.394 e. The Labute approximate surface area is 112 Å². The molecule has 1 saturated carbocycles. The van der Waals surface area contributed by atoms with E-state index in [-0.39, 0.29) is 12.1 Å². The number of hydrogen-bond acceptors (Lipinski definition) is 4. The van der Waals surface area contributed by atoms with Gasteiger partial charge in [0.25, 0.3) is 0 Å². The second kappa shape index (κ2) is 7.43. The lowest BCUT2D eigenvalue weighted by molar-refractivity contribution is 0.0720. The van der Waals surface area contributed by atoms with E-state index in [9.17, 15) is 5.11 Å². The topological polar surface area (TPSA) is 44.7 Å². The number of aliphatic hydroxyl groups excluding tert-OH is 1. The van der Waals surface area contributed by atoms with E-state index in [1.807, 2.05) is 6.92 Å². The van der Waals surface area contributed by atoms with E-state index >= 15 is 0 Å². The van der Waals surface area contributed by atoms with Crippen molar-refractivity contribution in [1.29, 1.82) is 0 Å². The molecule has 0 aromatic rings. The zero-order valence-corrected chi connectivity index (χ0v) is 12.4. The van der Waals surface area contributed by atoms with Gasteiger partial charge in [0.05, 0.1) is 18.8 Å². The summed E-state index contributed by atoms with van der Waals surface area (Å²) in [6.07, 6.45) is 2.47. The molecule has 1 fully saturated rings. The van der Waals surface area contributed by atoms with Crippen LogP contribution in [0.5, 0.6) is 0 Å². The van der Waals surface area contributed by atoms with Crippen LogP contribution in [0.15, 0.2) is 0 Å². The SMILES string of the molecule is CCOCCN(C)CC(CO)(NC(C)C)C1CC1. The molecule has 0 amide bonds. The molecule has 0 aromatic heterocycles. The first-order valence-electron chi connectivity index (χ1n) is 7.19. The molecule has 0 bridgehead atoms. The molecule has 0 heterocycles. The quantitative estimate of drug-likeness (QED) is 0.576. The Balaban J connectivity index is 2.49. The molecule has 0 aliphatic heterocycles. The van der Waals surface area contributed by atoms with E-state index in [2.05, 4.69) is 31.1 Å². The monoisotopic (exact) mass is 258 g/mol. The van der Waals surface area contributed by atoms with Gasteiger partial charge in [0.1, 0.15) is 0 Å². The highest BCUT2D eigenvalue weighted by molar-refractivity contribution is 5.03. The first-order chi connectivity index (χ1) is 8.54. The Morgan fingerprint density at radius 1 is 1.44 bits per heavy atom. The fourth-order valence-electron chi connectivity index (χ4n) is 2.65. The van der Waals surface area contributed by atoms with Gasteiger partial charge in [-0.3, -0.25) is 0 Å². The summed E-state index contributed by atoms with van der Waals surface area (Å²) in [7, 11) is 2.10. The van der Waals surface area contributed by atoms with Gasteiger partial charge in [-0.25, -0.2) is 0 Å². The van der Waals surface area contributed by atoms with Crippen LogP contribution in [0.25, 0.3) is 0 Å². The van der Waals surface area contributed by atoms with Crippen LogP contribution >= 0.6 is 0 Å². The molecule has 2 N–H and O–H groups in total. The predicted octanol–water partition coefficient (Wildman–Crippen LogP) is 1.09. The maximum Gasteiger partial charge on any atom is 0.0628 e. The molecule has 1 unspecified atom stereocenters. The average molecular weight is 258 g/mol. The molecule has 4 heteroatoms. The van der Waals surface area contributed by atoms with Gasteiger partial charge in [0.2, 0.25) is 0 Å². The van der Waals surface area contributed by atoms with Gasteiger partial charge in [-0.2, -0.15) is 0 Å². The molecule has 0 radical (unpaired) electrons. The molecular formula is C14H30N2O2. The lowest BCUT2D eigenvalue weighted by atomic mass is 9.92. The number of aliphatic hydroxyl groups is 1. The zero-order valence-electron chi connectivity index (χ0n) is 12.4. The van der Waals surface area contributed by atoms with Gasteiger partial charge >= 0.3 is 0 Å². The molecule has 1 atom stereocenters. The van der Waals surface area contributed by atoms with Crippen LogP contribution < -0.4 is 5.32 Å². The van der Waals surface area contributed by atoms with Crippen molar-refractivity contribution in [3.05, 3.63) is 0 Å². The second-order valence-corrected chi connectivity index (χ2v) is 5.82. The minimum absolute atomic E-state index is 0.130. The molecule has 18 heavy (non-hydrogen) atoms. The Hall–Kier alpha value is -0.160. The third kappa shape index (κ3) is 4.84. The first-order valence-corrected chi connectivity index (χ1v) is 7.19. The van der Waals surface area contributed by atoms with E-state index in [1.54, 1.807) is 0 Å². The van der Waals surface area contributed by atoms with E-state index < -0.39 is 0 Å². The van der Waals surface area contributed by atoms with Crippen LogP contribution in [0.1, 0.15) is 33.6 Å². The van der Waals surface area contributed by atoms with Crippen LogP contribution in [0.2, 0.25) is 0 Å². The molecule has 1 rings (SSSR count). The maximum absolute atomic E-state index is 9.84. The Bertz CT molecular complexity index is 232. The standard InChI is InChI=1S/C14H30N2O2/c1-5-18-9-8-16(4)10-14(11-17,13-6-7-13)15-12(2)3/h12-13,15,17H,5-11H2,1-4H3. The normalized spacial score (nSPS) is 19.5. The number of hydrogen-bond donors (Lipinski definition) is 2. The van der Waals surface area contributed by atoms with Crippen molar-refractivity contribution < 1.29 is 9.84 Å². The highest BCUT2D eigenvalue weighted by Gasteiger charge is 2.45. The Morgan fingerprint density at radius 3 is 2.56 bits per heavy atom. The maximum atomic E-state index is 9.84. The Morgan fingerprint density at radius 2 is 2.11 bits per heavy atom. The summed E-state index contributed by atoms with van der Waals surface area (Å²) in [5, 5.41) is 13.4. The summed E-state index contributed by atoms with van der Waals surface area (Å²) in [6, 6.07) is 0.401. The minimum atomic E-state index is -0.130. The summed E-state index contributed by atoms with van der Waals surface area (Å²) in [5.74, 6) is 0.624. The summed E-state index contributed by atoms with van der Waals surface area (Å²) in [4.78, 5) is 2.26. The van der Waals surface area contributed by atoms with Crippen molar-refractivity contribution in [2.45, 2.75) is 45.2 Å². The van der Waals surface area contributed by atoms with Crippen LogP contribution in [-0.4, -0.2) is 61.5 Å². The summed E-state index contributed by atoms with van der Waals surface area (Å²) in [5.41, 5.74) is -0.130. The van der Waals surface area contributed by atoms with Crippen molar-refractivity contribution in [2.24, 2.45) is 5.92 Å². The van der Waals surface area contributed by atoms with Crippen molar-refractivity contribution in [2.75, 3.05) is 40.0 Å². The van der Waals surface area contributed by atoms with Crippen molar-refractivity contribution in [3.8, 4) is 0 Å². The number of nitrogens with one attached hydrogen (secondary N) is 1. The highest BCUT2D eigenvalue weighted by Crippen LogP contribution is 2.40. The molecule has 1 aliphatic rings. The number of rotatable bonds is 10. The van der Waals surface area contributed by atoms with Gasteiger partial charge in [0, 0.05) is 25.7 Å². The second-order valence-electron chi connectivity index (χ2n) is 5.82. The van der Waals surface area contributed by atoms with Gasteiger partial charge in [-0.15, -0.1) is 0 Å². The fraction of sp³-hybridized carbons (Fsp3) is 1.00. The largest absolute Gasteiger partial charge is 0.394 e. The van der Waals surface area contributed by atoms with Gasteiger partial charge < -0.3 is 20.1 Å². The lowest BCUT2D eigenvalue weighted by Crippen LogP contribution is -2.59. The first kappa shape index (κ1) is 15.9. The molecule has 4 nitrogen and oxygen atoms in total. The summed E-state index contributed by atoms with van der Waals surface area (Å²) < 4.78 is 5.38. The van der Waals surface area contributed by atoms with Gasteiger partial charge in [-0.05, 0) is 32.7 Å². The smallest absolute Gasteiger partial charge is 0.0628 e. The molecular weight excluding hydrogens is 228 g/mol. The van der Waals surface area contributed by atoms with Gasteiger partial charge in [-0.1, -0.05) is 13.8 Å². The molecule has 0 spiro atoms. The summed E-state index contributed by atoms with van der Waals surface area (Å²) >= 11 is 0. The van der Waals surface area contributed by atoms with Crippen LogP contribution in [-0.2, 0) is 4.74 Å². The van der Waals surface area contributed by atoms with Crippen molar-refractivity contribution in [1.82, 2.24) is 10.2 Å². The molecule has 0 saturated heterocycles. The summed E-state index contributed by atoms with van der Waals surface area (Å²) in [6.45, 7) is 9.87. The van der Waals surface area contributed by atoms with Crippen LogP contribution in [0, 0.1) is 5.92 Å². The predicted molar refractivity (Wildman–Crippen MR) is 74.8 cm³/mol. The fourth-order valence-corrected chi connectivity index (χ4v) is 2.65. The van der Waals surface area contributed by atoms with Crippen molar-refractivity contribution in [3.63, 3.8) is 0 Å². The third-order valence-corrected chi connectivity index (χ3v) is 3.59. The van der Waals surface area contributed by atoms with E-state index in [0.29, 0.717) is 12.0 Å². The van der Waals surface area contributed by atoms with Crippen LogP contribution in [0.4, 0.5) is 0 Å². The number of ether oxygens (including phenoxy) is 1. The molecule has 108 valence electrons. The van der Waals surface area contributed by atoms with E-state index in [1.165, 1.54) is 12.8 Å². The average Bonchev–Trinajstić information content (AvgIpc) is 3.11. The van der Waals surface area contributed by atoms with E-state index in [0.717, 1.165) is 26.3 Å². The molecule has 0 aromatic carbocycles. The lowest BCUT2D eigenvalue weighted by Gasteiger charge is -2.38. The van der Waals surface area contributed by atoms with Crippen molar-refractivity contribution >= 4 is 0 Å². The van der Waals surface area contributed by atoms with Gasteiger partial charge in [0.15, 0.2) is 0 Å². The van der Waals surface area contributed by atoms with Crippen LogP contribution in [0.3, 0.4) is 0 Å². The van der Waals surface area contributed by atoms with E-state index in [4.69, 9.17) is 4.74 Å². The Kier molecular flexibility index (Phi) is 6.57. The zero-order chi connectivity index (χ0) is 13.6. The molecule has 1 aliphatic carbocycles. The highest BCUT2D eigenvalue weighted by atomic mass is 16.5. The number of likely N-dealkylation sites (N-methyl/N-ethyl adjacent to an activating group) is 1.